The lowest BCUT2D eigenvalue weighted by molar-refractivity contribution is -0.304. The maximum atomic E-state index is 13.2. The second kappa shape index (κ2) is 2.91. The zero-order valence-corrected chi connectivity index (χ0v) is 7.29. The summed E-state index contributed by atoms with van der Waals surface area (Å²) in [6, 6.07) is 0. The van der Waals surface area contributed by atoms with E-state index in [0.29, 0.717) is 0 Å². The molecule has 1 atom stereocenters. The molecule has 7 heteroatoms. The topological polar surface area (TPSA) is 60.1 Å². The van der Waals surface area contributed by atoms with Crippen molar-refractivity contribution >= 4 is 16.9 Å². The standard InChI is InChI=1S/C6H7ClFN3O2/c7-5-10-3-4(8)6(9)11(5)13-2-1-12-6/h3H,1-2,9H2. The Morgan fingerprint density at radius 3 is 3.15 bits per heavy atom. The van der Waals surface area contributed by atoms with Crippen LogP contribution in [-0.2, 0) is 9.57 Å². The largest absolute Gasteiger partial charge is 0.333 e. The molecule has 72 valence electrons. The van der Waals surface area contributed by atoms with Gasteiger partial charge in [-0.15, -0.1) is 0 Å². The van der Waals surface area contributed by atoms with E-state index in [-0.39, 0.29) is 18.5 Å². The predicted molar refractivity (Wildman–Crippen MR) is 43.1 cm³/mol. The van der Waals surface area contributed by atoms with Gasteiger partial charge < -0.3 is 4.74 Å². The van der Waals surface area contributed by atoms with Crippen molar-refractivity contribution in [3.05, 3.63) is 12.0 Å². The van der Waals surface area contributed by atoms with Crippen LogP contribution >= 0.6 is 11.6 Å². The third kappa shape index (κ3) is 1.22. The molecular weight excluding hydrogens is 201 g/mol. The van der Waals surface area contributed by atoms with E-state index in [1.165, 1.54) is 0 Å². The molecule has 0 spiro atoms. The van der Waals surface area contributed by atoms with E-state index in [0.717, 1.165) is 11.3 Å². The van der Waals surface area contributed by atoms with Gasteiger partial charge in [-0.2, -0.15) is 5.06 Å². The van der Waals surface area contributed by atoms with Gasteiger partial charge in [0.1, 0.15) is 0 Å². The van der Waals surface area contributed by atoms with Crippen LogP contribution in [0.3, 0.4) is 0 Å². The molecule has 0 saturated carbocycles. The van der Waals surface area contributed by atoms with Gasteiger partial charge in [0.05, 0.1) is 19.4 Å². The zero-order chi connectivity index (χ0) is 9.47. The number of fused-ring (bicyclic) bond motifs is 1. The van der Waals surface area contributed by atoms with Gasteiger partial charge in [-0.05, 0) is 11.6 Å². The average Bonchev–Trinajstić information content (AvgIpc) is 2.12. The highest BCUT2D eigenvalue weighted by Crippen LogP contribution is 2.29. The summed E-state index contributed by atoms with van der Waals surface area (Å²) in [7, 11) is 0. The fraction of sp³-hybridized carbons (Fsp3) is 0.500. The van der Waals surface area contributed by atoms with Crippen LogP contribution in [0.25, 0.3) is 0 Å². The number of hydrogen-bond acceptors (Lipinski definition) is 5. The first-order chi connectivity index (χ1) is 6.14. The molecule has 2 heterocycles. The van der Waals surface area contributed by atoms with E-state index in [1.54, 1.807) is 0 Å². The maximum absolute atomic E-state index is 13.2. The molecule has 2 N–H and O–H groups in total. The molecule has 0 bridgehead atoms. The lowest BCUT2D eigenvalue weighted by Crippen LogP contribution is -2.63. The fourth-order valence-electron chi connectivity index (χ4n) is 1.09. The number of aliphatic imine (C=N–C) groups is 1. The molecule has 2 aliphatic heterocycles. The molecule has 2 aliphatic rings. The quantitative estimate of drug-likeness (QED) is 0.580. The summed E-state index contributed by atoms with van der Waals surface area (Å²) in [6.07, 6.45) is 0.910. The summed E-state index contributed by atoms with van der Waals surface area (Å²) in [5.41, 5.74) is 5.57. The van der Waals surface area contributed by atoms with Crippen molar-refractivity contribution in [1.29, 1.82) is 0 Å². The smallest absolute Gasteiger partial charge is 0.277 e. The van der Waals surface area contributed by atoms with Gasteiger partial charge >= 0.3 is 0 Å². The molecule has 0 radical (unpaired) electrons. The minimum Gasteiger partial charge on any atom is -0.333 e. The van der Waals surface area contributed by atoms with E-state index >= 15 is 0 Å². The van der Waals surface area contributed by atoms with E-state index in [4.69, 9.17) is 26.9 Å². The van der Waals surface area contributed by atoms with Crippen LogP contribution in [0.2, 0.25) is 0 Å². The van der Waals surface area contributed by atoms with Gasteiger partial charge in [0.15, 0.2) is 5.83 Å². The molecule has 0 aliphatic carbocycles. The summed E-state index contributed by atoms with van der Waals surface area (Å²) in [4.78, 5) is 8.53. The molecule has 1 unspecified atom stereocenters. The number of amidine groups is 1. The Bertz CT molecular complexity index is 296. The Kier molecular flexibility index (Phi) is 1.99. The summed E-state index contributed by atoms with van der Waals surface area (Å²) in [5, 5.41) is 0.858. The highest BCUT2D eigenvalue weighted by Gasteiger charge is 2.46. The minimum atomic E-state index is -1.75. The molecule has 0 aromatic carbocycles. The third-order valence-corrected chi connectivity index (χ3v) is 1.97. The van der Waals surface area contributed by atoms with Crippen molar-refractivity contribution in [1.82, 2.24) is 5.06 Å². The zero-order valence-electron chi connectivity index (χ0n) is 6.54. The second-order valence-corrected chi connectivity index (χ2v) is 2.89. The Morgan fingerprint density at radius 1 is 1.69 bits per heavy atom. The highest BCUT2D eigenvalue weighted by atomic mass is 35.5. The number of ether oxygens (including phenoxy) is 1. The first-order valence-corrected chi connectivity index (χ1v) is 3.98. The van der Waals surface area contributed by atoms with Gasteiger partial charge in [-0.1, -0.05) is 0 Å². The SMILES string of the molecule is NC12OCCON1C(Cl)=NC=C2F. The fourth-order valence-corrected chi connectivity index (χ4v) is 1.31. The maximum Gasteiger partial charge on any atom is 0.277 e. The summed E-state index contributed by atoms with van der Waals surface area (Å²) in [6.45, 7) is 0.469. The highest BCUT2D eigenvalue weighted by molar-refractivity contribution is 6.64. The van der Waals surface area contributed by atoms with E-state index in [1.807, 2.05) is 0 Å². The molecule has 1 saturated heterocycles. The van der Waals surface area contributed by atoms with Crippen molar-refractivity contribution in [3.8, 4) is 0 Å². The van der Waals surface area contributed by atoms with Crippen LogP contribution in [0.4, 0.5) is 4.39 Å². The third-order valence-electron chi connectivity index (χ3n) is 1.72. The molecule has 0 aromatic heterocycles. The monoisotopic (exact) mass is 207 g/mol. The first-order valence-electron chi connectivity index (χ1n) is 3.60. The number of halogens is 2. The first kappa shape index (κ1) is 8.89. The van der Waals surface area contributed by atoms with Crippen molar-refractivity contribution in [2.24, 2.45) is 10.7 Å². The molecule has 13 heavy (non-hydrogen) atoms. The van der Waals surface area contributed by atoms with Crippen LogP contribution in [0.5, 0.6) is 0 Å². The Morgan fingerprint density at radius 2 is 2.46 bits per heavy atom. The molecule has 0 amide bonds. The number of hydrogen-bond donors (Lipinski definition) is 1. The van der Waals surface area contributed by atoms with E-state index in [2.05, 4.69) is 4.99 Å². The van der Waals surface area contributed by atoms with Crippen LogP contribution in [0.15, 0.2) is 17.0 Å². The van der Waals surface area contributed by atoms with Gasteiger partial charge in [-0.3, -0.25) is 10.6 Å². The Labute approximate surface area is 78.5 Å². The summed E-state index contributed by atoms with van der Waals surface area (Å²) >= 11 is 5.62. The molecule has 0 aromatic rings. The molecule has 2 rings (SSSR count). The van der Waals surface area contributed by atoms with E-state index < -0.39 is 11.7 Å². The average molecular weight is 208 g/mol. The van der Waals surface area contributed by atoms with Gasteiger partial charge in [0.2, 0.25) is 5.29 Å². The van der Waals surface area contributed by atoms with Crippen molar-refractivity contribution < 1.29 is 14.0 Å². The number of nitrogens with zero attached hydrogens (tertiary/aromatic N) is 2. The molecular formula is C6H7ClFN3O2. The predicted octanol–water partition coefficient (Wildman–Crippen LogP) is 0.282. The lowest BCUT2D eigenvalue weighted by atomic mass is 10.3. The van der Waals surface area contributed by atoms with Crippen molar-refractivity contribution in [2.45, 2.75) is 5.85 Å². The normalized spacial score (nSPS) is 33.6. The van der Waals surface area contributed by atoms with Crippen LogP contribution in [0.1, 0.15) is 0 Å². The van der Waals surface area contributed by atoms with Crippen molar-refractivity contribution in [2.75, 3.05) is 13.2 Å². The lowest BCUT2D eigenvalue weighted by Gasteiger charge is -2.42. The van der Waals surface area contributed by atoms with E-state index in [9.17, 15) is 4.39 Å². The Hall–Kier alpha value is -0.690. The summed E-state index contributed by atoms with van der Waals surface area (Å²) in [5.74, 6) is -2.49. The Balaban J connectivity index is 2.37. The number of nitrogens with two attached hydrogens (primary N) is 1. The van der Waals surface area contributed by atoms with Crippen LogP contribution < -0.4 is 5.73 Å². The number of rotatable bonds is 0. The van der Waals surface area contributed by atoms with Crippen LogP contribution in [-0.4, -0.2) is 29.4 Å². The second-order valence-electron chi connectivity index (χ2n) is 2.55. The minimum absolute atomic E-state index is 0.0522. The number of hydroxylamine groups is 2. The van der Waals surface area contributed by atoms with Gasteiger partial charge in [0, 0.05) is 0 Å². The summed E-state index contributed by atoms with van der Waals surface area (Å²) < 4.78 is 18.2. The molecule has 5 nitrogen and oxygen atoms in total. The van der Waals surface area contributed by atoms with Crippen molar-refractivity contribution in [3.63, 3.8) is 0 Å². The van der Waals surface area contributed by atoms with Gasteiger partial charge in [-0.25, -0.2) is 9.38 Å². The van der Waals surface area contributed by atoms with Gasteiger partial charge in [0.25, 0.3) is 5.85 Å². The van der Waals surface area contributed by atoms with Crippen LogP contribution in [0, 0.1) is 0 Å². The molecule has 1 fully saturated rings.